The maximum absolute atomic E-state index is 8.97. The molecule has 0 fully saturated rings. The maximum Gasteiger partial charge on any atom is 0.123 e. The molecule has 1 aromatic carbocycles. The average molecular weight is 297 g/mol. The van der Waals surface area contributed by atoms with Gasteiger partial charge in [-0.05, 0) is 12.6 Å². The van der Waals surface area contributed by atoms with Crippen molar-refractivity contribution in [1.29, 1.82) is 0 Å². The molecule has 0 radical (unpaired) electrons. The van der Waals surface area contributed by atoms with Gasteiger partial charge in [-0.15, -0.1) is 22.9 Å². The van der Waals surface area contributed by atoms with Crippen LogP contribution in [-0.4, -0.2) is 35.2 Å². The van der Waals surface area contributed by atoms with Gasteiger partial charge in [0.1, 0.15) is 5.01 Å². The lowest BCUT2D eigenvalue weighted by Crippen LogP contribution is -2.21. The van der Waals surface area contributed by atoms with E-state index >= 15 is 0 Å². The second kappa shape index (κ2) is 7.01. The van der Waals surface area contributed by atoms with Crippen molar-refractivity contribution in [3.63, 3.8) is 0 Å². The Morgan fingerprint density at radius 2 is 2.16 bits per heavy atom. The van der Waals surface area contributed by atoms with Crippen molar-refractivity contribution in [2.75, 3.05) is 20.2 Å². The van der Waals surface area contributed by atoms with E-state index in [-0.39, 0.29) is 6.61 Å². The summed E-state index contributed by atoms with van der Waals surface area (Å²) in [5, 5.41) is 12.0. The van der Waals surface area contributed by atoms with Gasteiger partial charge in [0.05, 0.1) is 18.2 Å². The van der Waals surface area contributed by atoms with Crippen LogP contribution in [0.4, 0.5) is 0 Å². The topological polar surface area (TPSA) is 36.4 Å². The molecule has 0 aliphatic carbocycles. The normalized spacial score (nSPS) is 11.2. The molecule has 102 valence electrons. The molecule has 0 bridgehead atoms. The smallest absolute Gasteiger partial charge is 0.123 e. The molecule has 2 aromatic rings. The van der Waals surface area contributed by atoms with Crippen molar-refractivity contribution in [3.8, 4) is 10.6 Å². The molecule has 0 saturated carbocycles. The number of rotatable bonds is 6. The number of hydrogen-bond acceptors (Lipinski definition) is 4. The number of benzene rings is 1. The average Bonchev–Trinajstić information content (AvgIpc) is 2.88. The van der Waals surface area contributed by atoms with Gasteiger partial charge < -0.3 is 5.11 Å². The molecule has 1 aromatic heterocycles. The summed E-state index contributed by atoms with van der Waals surface area (Å²) in [5.74, 6) is 0.448. The van der Waals surface area contributed by atoms with Crippen LogP contribution in [0.25, 0.3) is 10.6 Å². The molecular weight excluding hydrogens is 280 g/mol. The highest BCUT2D eigenvalue weighted by Gasteiger charge is 2.10. The number of aliphatic hydroxyl groups is 1. The fraction of sp³-hybridized carbons (Fsp3) is 0.357. The summed E-state index contributed by atoms with van der Waals surface area (Å²) in [7, 11) is 2.00. The van der Waals surface area contributed by atoms with E-state index in [1.165, 1.54) is 5.56 Å². The van der Waals surface area contributed by atoms with Crippen LogP contribution in [-0.2, 0) is 12.4 Å². The summed E-state index contributed by atoms with van der Waals surface area (Å²) in [5.41, 5.74) is 3.28. The van der Waals surface area contributed by atoms with E-state index in [0.29, 0.717) is 12.4 Å². The molecule has 0 unspecified atom stereocenters. The lowest BCUT2D eigenvalue weighted by Gasteiger charge is -2.16. The summed E-state index contributed by atoms with van der Waals surface area (Å²) in [6, 6.07) is 8.23. The summed E-state index contributed by atoms with van der Waals surface area (Å²) in [4.78, 5) is 6.62. The Morgan fingerprint density at radius 3 is 2.84 bits per heavy atom. The summed E-state index contributed by atoms with van der Waals surface area (Å²) in [6.07, 6.45) is 0. The highest BCUT2D eigenvalue weighted by molar-refractivity contribution is 7.13. The van der Waals surface area contributed by atoms with Crippen LogP contribution in [0.3, 0.4) is 0 Å². The third kappa shape index (κ3) is 3.76. The van der Waals surface area contributed by atoms with Crippen molar-refractivity contribution in [2.45, 2.75) is 12.4 Å². The van der Waals surface area contributed by atoms with E-state index in [0.717, 1.165) is 22.8 Å². The second-order valence-electron chi connectivity index (χ2n) is 4.40. The van der Waals surface area contributed by atoms with Crippen molar-refractivity contribution in [1.82, 2.24) is 9.88 Å². The molecule has 0 saturated heterocycles. The third-order valence-electron chi connectivity index (χ3n) is 2.86. The SMILES string of the molecule is CN(CCO)Cc1ccccc1-c1nc(CCl)cs1. The van der Waals surface area contributed by atoms with E-state index in [2.05, 4.69) is 22.0 Å². The van der Waals surface area contributed by atoms with Gasteiger partial charge in [0.2, 0.25) is 0 Å². The Morgan fingerprint density at radius 1 is 1.37 bits per heavy atom. The number of alkyl halides is 1. The number of halogens is 1. The number of hydrogen-bond donors (Lipinski definition) is 1. The van der Waals surface area contributed by atoms with Crippen molar-refractivity contribution < 1.29 is 5.11 Å². The van der Waals surface area contributed by atoms with E-state index in [4.69, 9.17) is 16.7 Å². The standard InChI is InChI=1S/C14H17ClN2OS/c1-17(6-7-18)9-11-4-2-3-5-13(11)14-16-12(8-15)10-19-14/h2-5,10,18H,6-9H2,1H3. The van der Waals surface area contributed by atoms with Crippen LogP contribution in [0.2, 0.25) is 0 Å². The molecule has 0 amide bonds. The molecule has 2 rings (SSSR count). The van der Waals surface area contributed by atoms with E-state index in [1.54, 1.807) is 11.3 Å². The first-order valence-electron chi connectivity index (χ1n) is 6.12. The van der Waals surface area contributed by atoms with E-state index in [9.17, 15) is 0 Å². The number of aromatic nitrogens is 1. The molecular formula is C14H17ClN2OS. The first-order valence-corrected chi connectivity index (χ1v) is 7.54. The number of likely N-dealkylation sites (N-methyl/N-ethyl adjacent to an activating group) is 1. The van der Waals surface area contributed by atoms with Crippen LogP contribution in [0.15, 0.2) is 29.6 Å². The van der Waals surface area contributed by atoms with Crippen LogP contribution < -0.4 is 0 Å². The Kier molecular flexibility index (Phi) is 5.34. The predicted octanol–water partition coefficient (Wildman–Crippen LogP) is 2.97. The van der Waals surface area contributed by atoms with Crippen LogP contribution >= 0.6 is 22.9 Å². The van der Waals surface area contributed by atoms with E-state index in [1.807, 2.05) is 24.6 Å². The summed E-state index contributed by atoms with van der Waals surface area (Å²) >= 11 is 7.42. The van der Waals surface area contributed by atoms with Crippen LogP contribution in [0, 0.1) is 0 Å². The molecule has 1 N–H and O–H groups in total. The van der Waals surface area contributed by atoms with Gasteiger partial charge in [-0.25, -0.2) is 4.98 Å². The van der Waals surface area contributed by atoms with Crippen LogP contribution in [0.1, 0.15) is 11.3 Å². The molecule has 5 heteroatoms. The number of aliphatic hydroxyl groups excluding tert-OH is 1. The largest absolute Gasteiger partial charge is 0.395 e. The fourth-order valence-electron chi connectivity index (χ4n) is 1.90. The lowest BCUT2D eigenvalue weighted by atomic mass is 10.1. The monoisotopic (exact) mass is 296 g/mol. The quantitative estimate of drug-likeness (QED) is 0.833. The molecule has 0 aliphatic heterocycles. The highest BCUT2D eigenvalue weighted by atomic mass is 35.5. The Labute approximate surface area is 122 Å². The van der Waals surface area contributed by atoms with Gasteiger partial charge in [-0.1, -0.05) is 24.3 Å². The molecule has 0 atom stereocenters. The highest BCUT2D eigenvalue weighted by Crippen LogP contribution is 2.28. The van der Waals surface area contributed by atoms with Crippen LogP contribution in [0.5, 0.6) is 0 Å². The summed E-state index contributed by atoms with van der Waals surface area (Å²) < 4.78 is 0. The second-order valence-corrected chi connectivity index (χ2v) is 5.52. The Hall–Kier alpha value is -0.940. The molecule has 0 aliphatic rings. The summed E-state index contributed by atoms with van der Waals surface area (Å²) in [6.45, 7) is 1.64. The van der Waals surface area contributed by atoms with Gasteiger partial charge >= 0.3 is 0 Å². The van der Waals surface area contributed by atoms with Crippen molar-refractivity contribution in [3.05, 3.63) is 40.9 Å². The zero-order chi connectivity index (χ0) is 13.7. The Balaban J connectivity index is 2.25. The van der Waals surface area contributed by atoms with E-state index < -0.39 is 0 Å². The molecule has 0 spiro atoms. The van der Waals surface area contributed by atoms with Crippen molar-refractivity contribution >= 4 is 22.9 Å². The third-order valence-corrected chi connectivity index (χ3v) is 4.06. The lowest BCUT2D eigenvalue weighted by molar-refractivity contribution is 0.217. The van der Waals surface area contributed by atoms with Gasteiger partial charge in [-0.3, -0.25) is 4.90 Å². The van der Waals surface area contributed by atoms with Gasteiger partial charge in [0.25, 0.3) is 0 Å². The molecule has 1 heterocycles. The molecule has 3 nitrogen and oxygen atoms in total. The zero-order valence-corrected chi connectivity index (χ0v) is 12.4. The van der Waals surface area contributed by atoms with Crippen molar-refractivity contribution in [2.24, 2.45) is 0 Å². The minimum absolute atomic E-state index is 0.173. The maximum atomic E-state index is 8.97. The minimum Gasteiger partial charge on any atom is -0.395 e. The van der Waals surface area contributed by atoms with Gasteiger partial charge in [0.15, 0.2) is 0 Å². The fourth-order valence-corrected chi connectivity index (χ4v) is 3.01. The molecule has 19 heavy (non-hydrogen) atoms. The number of nitrogens with zero attached hydrogens (tertiary/aromatic N) is 2. The predicted molar refractivity (Wildman–Crippen MR) is 80.5 cm³/mol. The van der Waals surface area contributed by atoms with Gasteiger partial charge in [-0.2, -0.15) is 0 Å². The first-order chi connectivity index (χ1) is 9.24. The minimum atomic E-state index is 0.173. The number of thiazole rings is 1. The first kappa shape index (κ1) is 14.5. The Bertz CT molecular complexity index is 530. The zero-order valence-electron chi connectivity index (χ0n) is 10.8. The van der Waals surface area contributed by atoms with Gasteiger partial charge in [0, 0.05) is 24.0 Å².